The van der Waals surface area contributed by atoms with Crippen LogP contribution in [-0.4, -0.2) is 25.7 Å². The number of piperidine rings is 1. The van der Waals surface area contributed by atoms with E-state index in [0.29, 0.717) is 37.1 Å². The monoisotopic (exact) mass is 572 g/mol. The predicted octanol–water partition coefficient (Wildman–Crippen LogP) is 6.24. The van der Waals surface area contributed by atoms with E-state index in [1.165, 1.54) is 0 Å². The molecule has 1 aliphatic heterocycles. The Morgan fingerprint density at radius 1 is 1.24 bits per heavy atom. The number of benzene rings is 2. The van der Waals surface area contributed by atoms with Crippen molar-refractivity contribution in [2.24, 2.45) is 5.92 Å². The van der Waals surface area contributed by atoms with E-state index in [0.717, 1.165) is 17.7 Å². The van der Waals surface area contributed by atoms with Crippen LogP contribution in [-0.2, 0) is 46.4 Å². The molecule has 3 atom stereocenters. The molecule has 34 heavy (non-hydrogen) atoms. The van der Waals surface area contributed by atoms with Crippen LogP contribution >= 0.6 is 0 Å². The second-order valence-corrected chi connectivity index (χ2v) is 8.40. The summed E-state index contributed by atoms with van der Waals surface area (Å²) in [4.78, 5) is 12.2. The number of halogens is 3. The van der Waals surface area contributed by atoms with E-state index < -0.39 is 23.4 Å². The normalized spacial score (nSPS) is 21.1. The van der Waals surface area contributed by atoms with Crippen LogP contribution < -0.4 is 5.32 Å². The molecule has 1 aliphatic rings. The van der Waals surface area contributed by atoms with E-state index in [-0.39, 0.29) is 47.8 Å². The first-order valence-corrected chi connectivity index (χ1v) is 10.9. The minimum atomic E-state index is -4.40. The maximum atomic E-state index is 13.2. The van der Waals surface area contributed by atoms with Crippen molar-refractivity contribution in [2.45, 2.75) is 51.4 Å². The molecule has 8 heteroatoms. The summed E-state index contributed by atoms with van der Waals surface area (Å²) in [6, 6.07) is 13.8. The molecule has 194 valence electrons. The first kappa shape index (κ1) is 30.3. The Kier molecular flexibility index (Phi) is 11.4. The standard InChI is InChI=1S/C25H30F3NO3.CH3.Pd.H2/c1-4-31-23(30)19-10-11-24(29-15-19,21-8-6-5-7-9-21)16-32-18(3)20-12-17(2)13-22(14-20)25(26,27)28;;;/h5-9,12-14,18-19,29H,4,10-11,15-16H2,1-3H3;1H3;;1H/q;-1;;/t18-,19?,24-;;;/m1.../s1. The first-order chi connectivity index (χ1) is 15.1. The maximum absolute atomic E-state index is 13.2. The van der Waals surface area contributed by atoms with Crippen molar-refractivity contribution in [3.63, 3.8) is 0 Å². The summed E-state index contributed by atoms with van der Waals surface area (Å²) in [5.74, 6) is -0.439. The summed E-state index contributed by atoms with van der Waals surface area (Å²) in [5.41, 5.74) is 0.843. The van der Waals surface area contributed by atoms with Gasteiger partial charge in [0, 0.05) is 28.4 Å². The molecule has 2 aromatic rings. The van der Waals surface area contributed by atoms with Crippen molar-refractivity contribution in [1.29, 1.82) is 0 Å². The number of nitrogens with one attached hydrogen (secondary N) is 1. The van der Waals surface area contributed by atoms with Crippen LogP contribution in [0.4, 0.5) is 13.2 Å². The average molecular weight is 573 g/mol. The Labute approximate surface area is 215 Å². The molecule has 0 radical (unpaired) electrons. The first-order valence-electron chi connectivity index (χ1n) is 10.9. The molecular formula is C26H35F3NO3Pd-. The van der Waals surface area contributed by atoms with Crippen molar-refractivity contribution in [2.75, 3.05) is 19.8 Å². The molecule has 4 nitrogen and oxygen atoms in total. The molecule has 1 unspecified atom stereocenters. The third kappa shape index (κ3) is 7.39. The number of hydrogen-bond acceptors (Lipinski definition) is 4. The molecule has 0 amide bonds. The fraction of sp³-hybridized carbons (Fsp3) is 0.462. The van der Waals surface area contributed by atoms with Crippen LogP contribution in [0.25, 0.3) is 0 Å². The third-order valence-electron chi connectivity index (χ3n) is 6.03. The number of esters is 1. The van der Waals surface area contributed by atoms with Crippen LogP contribution in [0.3, 0.4) is 0 Å². The van der Waals surface area contributed by atoms with Crippen LogP contribution in [0.2, 0.25) is 0 Å². The summed E-state index contributed by atoms with van der Waals surface area (Å²) in [6.45, 7) is 6.26. The average Bonchev–Trinajstić information content (AvgIpc) is 2.77. The Bertz CT molecular complexity index is 920. The number of carbonyl (C=O) groups is 1. The topological polar surface area (TPSA) is 47.6 Å². The summed E-state index contributed by atoms with van der Waals surface area (Å²) in [5, 5.41) is 3.49. The van der Waals surface area contributed by atoms with Crippen molar-refractivity contribution < 1.29 is 49.3 Å². The van der Waals surface area contributed by atoms with Crippen molar-refractivity contribution in [1.82, 2.24) is 5.32 Å². The van der Waals surface area contributed by atoms with Gasteiger partial charge in [0.25, 0.3) is 0 Å². The Morgan fingerprint density at radius 3 is 2.47 bits per heavy atom. The second kappa shape index (κ2) is 12.8. The molecule has 1 fully saturated rings. The number of rotatable bonds is 7. The fourth-order valence-corrected chi connectivity index (χ4v) is 4.18. The molecule has 0 aromatic heterocycles. The maximum Gasteiger partial charge on any atom is 0.416 e. The minimum Gasteiger partial charge on any atom is -0.466 e. The summed E-state index contributed by atoms with van der Waals surface area (Å²) < 4.78 is 51.0. The molecule has 0 spiro atoms. The number of ether oxygens (including phenoxy) is 2. The van der Waals surface area contributed by atoms with E-state index in [1.807, 2.05) is 30.3 Å². The molecule has 1 saturated heterocycles. The van der Waals surface area contributed by atoms with Crippen LogP contribution in [0.5, 0.6) is 0 Å². The van der Waals surface area contributed by atoms with Gasteiger partial charge in [0.05, 0.1) is 36.3 Å². The second-order valence-electron chi connectivity index (χ2n) is 8.40. The molecule has 0 aliphatic carbocycles. The Hall–Kier alpha value is -1.72. The zero-order valence-electron chi connectivity index (χ0n) is 20.0. The minimum absolute atomic E-state index is 0. The van der Waals surface area contributed by atoms with Gasteiger partial charge in [-0.15, -0.1) is 0 Å². The molecule has 0 saturated carbocycles. The number of aryl methyl sites for hydroxylation is 1. The van der Waals surface area contributed by atoms with Gasteiger partial charge >= 0.3 is 12.1 Å². The van der Waals surface area contributed by atoms with Gasteiger partial charge in [-0.25, -0.2) is 0 Å². The molecule has 1 N–H and O–H groups in total. The van der Waals surface area contributed by atoms with Gasteiger partial charge in [0.2, 0.25) is 0 Å². The van der Waals surface area contributed by atoms with Gasteiger partial charge in [-0.2, -0.15) is 13.2 Å². The Morgan fingerprint density at radius 2 is 1.91 bits per heavy atom. The zero-order valence-corrected chi connectivity index (χ0v) is 21.5. The van der Waals surface area contributed by atoms with Gasteiger partial charge in [0.15, 0.2) is 0 Å². The van der Waals surface area contributed by atoms with E-state index in [9.17, 15) is 18.0 Å². The smallest absolute Gasteiger partial charge is 0.416 e. The van der Waals surface area contributed by atoms with Gasteiger partial charge in [0.1, 0.15) is 0 Å². The van der Waals surface area contributed by atoms with E-state index in [4.69, 9.17) is 9.47 Å². The number of carbonyl (C=O) groups excluding carboxylic acids is 1. The van der Waals surface area contributed by atoms with Crippen LogP contribution in [0.1, 0.15) is 56.5 Å². The molecule has 2 aromatic carbocycles. The van der Waals surface area contributed by atoms with Gasteiger partial charge in [-0.05, 0) is 56.9 Å². The number of alkyl halides is 3. The van der Waals surface area contributed by atoms with Gasteiger partial charge < -0.3 is 22.2 Å². The molecular weight excluding hydrogens is 538 g/mol. The van der Waals surface area contributed by atoms with Crippen LogP contribution in [0, 0.1) is 20.3 Å². The summed E-state index contributed by atoms with van der Waals surface area (Å²) in [6.07, 6.45) is -3.64. The van der Waals surface area contributed by atoms with E-state index >= 15 is 0 Å². The molecule has 3 rings (SSSR count). The number of hydrogen-bond donors (Lipinski definition) is 1. The van der Waals surface area contributed by atoms with E-state index in [1.54, 1.807) is 26.8 Å². The van der Waals surface area contributed by atoms with Crippen molar-refractivity contribution in [3.8, 4) is 0 Å². The fourth-order valence-electron chi connectivity index (χ4n) is 4.18. The van der Waals surface area contributed by atoms with Crippen molar-refractivity contribution in [3.05, 3.63) is 78.2 Å². The summed E-state index contributed by atoms with van der Waals surface area (Å²) >= 11 is 0. The van der Waals surface area contributed by atoms with Gasteiger partial charge in [-0.3, -0.25) is 4.79 Å². The predicted molar refractivity (Wildman–Crippen MR) is 125 cm³/mol. The third-order valence-corrected chi connectivity index (χ3v) is 6.03. The summed E-state index contributed by atoms with van der Waals surface area (Å²) in [7, 11) is 0. The molecule has 0 bridgehead atoms. The largest absolute Gasteiger partial charge is 0.466 e. The Balaban J connectivity index is 0.00000385. The van der Waals surface area contributed by atoms with Crippen LogP contribution in [0.15, 0.2) is 48.5 Å². The quantitative estimate of drug-likeness (QED) is 0.242. The van der Waals surface area contributed by atoms with Crippen molar-refractivity contribution >= 4 is 5.97 Å². The van der Waals surface area contributed by atoms with E-state index in [2.05, 4.69) is 5.32 Å². The SMILES string of the molecule is CCOC(=O)C1CC[C@@](CO[C@H](C)c2cc(C)cc(C(F)(F)F)c2)(c2ccccc2)NC1.[CH3-].[HH].[Pd]. The molecule has 1 heterocycles. The zero-order chi connectivity index (χ0) is 23.4. The van der Waals surface area contributed by atoms with Gasteiger partial charge in [-0.1, -0.05) is 42.0 Å².